The predicted molar refractivity (Wildman–Crippen MR) is 89.2 cm³/mol. The summed E-state index contributed by atoms with van der Waals surface area (Å²) in [5.41, 5.74) is 8.82. The summed E-state index contributed by atoms with van der Waals surface area (Å²) in [6, 6.07) is 13.7. The molecule has 2 rings (SSSR count). The number of nitrogens with two attached hydrogens (primary N) is 1. The number of anilines is 1. The van der Waals surface area contributed by atoms with E-state index in [4.69, 9.17) is 5.73 Å². The molecule has 0 aliphatic rings. The normalized spacial score (nSPS) is 12.6. The zero-order valence-electron chi connectivity index (χ0n) is 11.6. The van der Waals surface area contributed by atoms with E-state index in [0.29, 0.717) is 22.3 Å². The lowest BCUT2D eigenvalue weighted by Crippen LogP contribution is -2.01. The van der Waals surface area contributed by atoms with Crippen molar-refractivity contribution >= 4 is 32.4 Å². The molecule has 2 aromatic rings. The van der Waals surface area contributed by atoms with Crippen LogP contribution in [0, 0.1) is 0 Å². The highest BCUT2D eigenvalue weighted by Gasteiger charge is 2.10. The first-order valence-corrected chi connectivity index (χ1v) is 8.61. The Bertz CT molecular complexity index is 623. The van der Waals surface area contributed by atoms with E-state index in [1.54, 1.807) is 6.07 Å². The maximum absolute atomic E-state index is 12.4. The van der Waals surface area contributed by atoms with E-state index in [-0.39, 0.29) is 0 Å². The van der Waals surface area contributed by atoms with Gasteiger partial charge in [-0.05, 0) is 35.2 Å². The van der Waals surface area contributed by atoms with Gasteiger partial charge in [0.2, 0.25) is 0 Å². The van der Waals surface area contributed by atoms with E-state index in [1.807, 2.05) is 24.3 Å². The molecule has 2 nitrogen and oxygen atoms in total. The minimum atomic E-state index is -1.13. The van der Waals surface area contributed by atoms with Crippen molar-refractivity contribution in [3.05, 3.63) is 58.1 Å². The molecule has 0 fully saturated rings. The van der Waals surface area contributed by atoms with Crippen LogP contribution in [0.2, 0.25) is 0 Å². The van der Waals surface area contributed by atoms with E-state index in [9.17, 15) is 4.21 Å². The largest absolute Gasteiger partial charge is 0.398 e. The summed E-state index contributed by atoms with van der Waals surface area (Å²) < 4.78 is 13.3. The maximum Gasteiger partial charge on any atom is 0.0632 e. The van der Waals surface area contributed by atoms with Crippen LogP contribution in [0.4, 0.5) is 5.69 Å². The fourth-order valence-electron chi connectivity index (χ4n) is 1.93. The van der Waals surface area contributed by atoms with Gasteiger partial charge in [0.25, 0.3) is 0 Å². The van der Waals surface area contributed by atoms with Crippen LogP contribution < -0.4 is 5.73 Å². The number of halogens is 1. The van der Waals surface area contributed by atoms with Crippen molar-refractivity contribution < 1.29 is 4.21 Å². The quantitative estimate of drug-likeness (QED) is 0.826. The van der Waals surface area contributed by atoms with Crippen molar-refractivity contribution in [2.75, 3.05) is 5.73 Å². The van der Waals surface area contributed by atoms with E-state index in [0.717, 1.165) is 10.0 Å². The molecule has 0 bridgehead atoms. The Morgan fingerprint density at radius 1 is 1.15 bits per heavy atom. The second kappa shape index (κ2) is 6.55. The molecule has 0 aliphatic carbocycles. The summed E-state index contributed by atoms with van der Waals surface area (Å²) >= 11 is 3.39. The van der Waals surface area contributed by atoms with Crippen molar-refractivity contribution in [2.24, 2.45) is 0 Å². The van der Waals surface area contributed by atoms with Crippen LogP contribution in [-0.4, -0.2) is 4.21 Å². The summed E-state index contributed by atoms with van der Waals surface area (Å²) in [5.74, 6) is 0.995. The lowest BCUT2D eigenvalue weighted by molar-refractivity contribution is 0.683. The van der Waals surface area contributed by atoms with Gasteiger partial charge in [0.05, 0.1) is 21.4 Å². The molecule has 0 aliphatic heterocycles. The molecule has 2 N–H and O–H groups in total. The molecule has 1 atom stereocenters. The Balaban J connectivity index is 2.17. The summed E-state index contributed by atoms with van der Waals surface area (Å²) in [5, 5.41) is 0. The standard InChI is InChI=1S/C16H18BrNOS/c1-11(2)13-5-3-12(4-6-13)10-20(19)16-9-14(17)7-8-15(16)18/h3-9,11H,10,18H2,1-2H3. The Morgan fingerprint density at radius 3 is 2.40 bits per heavy atom. The van der Waals surface area contributed by atoms with Crippen LogP contribution >= 0.6 is 15.9 Å². The Hall–Kier alpha value is -1.13. The van der Waals surface area contributed by atoms with E-state index >= 15 is 0 Å². The molecule has 0 amide bonds. The molecular weight excluding hydrogens is 334 g/mol. The van der Waals surface area contributed by atoms with Crippen molar-refractivity contribution in [3.63, 3.8) is 0 Å². The summed E-state index contributed by atoms with van der Waals surface area (Å²) in [6.07, 6.45) is 0. The van der Waals surface area contributed by atoms with Gasteiger partial charge in [0, 0.05) is 10.2 Å². The Morgan fingerprint density at radius 2 is 1.80 bits per heavy atom. The average Bonchev–Trinajstić information content (AvgIpc) is 2.42. The first-order valence-electron chi connectivity index (χ1n) is 6.49. The molecule has 0 heterocycles. The van der Waals surface area contributed by atoms with Gasteiger partial charge >= 0.3 is 0 Å². The molecule has 0 radical (unpaired) electrons. The first kappa shape index (κ1) is 15.3. The predicted octanol–water partition coefficient (Wildman–Crippen LogP) is 4.46. The minimum Gasteiger partial charge on any atom is -0.398 e. The lowest BCUT2D eigenvalue weighted by atomic mass is 10.0. The first-order chi connectivity index (χ1) is 9.47. The van der Waals surface area contributed by atoms with Crippen LogP contribution in [0.5, 0.6) is 0 Å². The molecule has 0 saturated carbocycles. The van der Waals surface area contributed by atoms with Crippen LogP contribution in [-0.2, 0) is 16.6 Å². The van der Waals surface area contributed by atoms with Crippen molar-refractivity contribution in [1.82, 2.24) is 0 Å². The highest BCUT2D eigenvalue weighted by Crippen LogP contribution is 2.24. The average molecular weight is 352 g/mol. The molecule has 1 unspecified atom stereocenters. The number of hydrogen-bond donors (Lipinski definition) is 1. The van der Waals surface area contributed by atoms with E-state index in [1.165, 1.54) is 5.56 Å². The molecule has 0 spiro atoms. The number of nitrogen functional groups attached to an aromatic ring is 1. The van der Waals surface area contributed by atoms with E-state index < -0.39 is 10.8 Å². The van der Waals surface area contributed by atoms with Gasteiger partial charge in [-0.15, -0.1) is 0 Å². The maximum atomic E-state index is 12.4. The van der Waals surface area contributed by atoms with Gasteiger partial charge in [0.1, 0.15) is 0 Å². The summed E-state index contributed by atoms with van der Waals surface area (Å²) in [4.78, 5) is 0.687. The second-order valence-electron chi connectivity index (χ2n) is 5.07. The van der Waals surface area contributed by atoms with Gasteiger partial charge in [-0.3, -0.25) is 4.21 Å². The topological polar surface area (TPSA) is 43.1 Å². The highest BCUT2D eigenvalue weighted by atomic mass is 79.9. The molecule has 4 heteroatoms. The minimum absolute atomic E-state index is 0.485. The van der Waals surface area contributed by atoms with Gasteiger partial charge < -0.3 is 5.73 Å². The molecule has 2 aromatic carbocycles. The third kappa shape index (κ3) is 3.70. The second-order valence-corrected chi connectivity index (χ2v) is 7.40. The SMILES string of the molecule is CC(C)c1ccc(CS(=O)c2cc(Br)ccc2N)cc1. The zero-order chi connectivity index (χ0) is 14.7. The number of hydrogen-bond acceptors (Lipinski definition) is 2. The van der Waals surface area contributed by atoms with Crippen molar-refractivity contribution in [1.29, 1.82) is 0 Å². The molecule has 106 valence electrons. The molecule has 0 aromatic heterocycles. The van der Waals surface area contributed by atoms with Gasteiger partial charge in [-0.2, -0.15) is 0 Å². The van der Waals surface area contributed by atoms with Crippen LogP contribution in [0.1, 0.15) is 30.9 Å². The zero-order valence-corrected chi connectivity index (χ0v) is 14.0. The highest BCUT2D eigenvalue weighted by molar-refractivity contribution is 9.10. The monoisotopic (exact) mass is 351 g/mol. The van der Waals surface area contributed by atoms with E-state index in [2.05, 4.69) is 41.9 Å². The van der Waals surface area contributed by atoms with Crippen LogP contribution in [0.25, 0.3) is 0 Å². The van der Waals surface area contributed by atoms with Crippen LogP contribution in [0.3, 0.4) is 0 Å². The van der Waals surface area contributed by atoms with Gasteiger partial charge in [-0.25, -0.2) is 0 Å². The summed E-state index contributed by atoms with van der Waals surface area (Å²) in [6.45, 7) is 4.32. The molecule has 0 saturated heterocycles. The van der Waals surface area contributed by atoms with Crippen molar-refractivity contribution in [2.45, 2.75) is 30.4 Å². The molecule has 20 heavy (non-hydrogen) atoms. The fraction of sp³-hybridized carbons (Fsp3) is 0.250. The van der Waals surface area contributed by atoms with Gasteiger partial charge in [-0.1, -0.05) is 54.0 Å². The Kier molecular flexibility index (Phi) is 5.00. The van der Waals surface area contributed by atoms with Gasteiger partial charge in [0.15, 0.2) is 0 Å². The third-order valence-corrected chi connectivity index (χ3v) is 5.10. The number of benzene rings is 2. The smallest absolute Gasteiger partial charge is 0.0632 e. The Labute approximate surface area is 131 Å². The lowest BCUT2D eigenvalue weighted by Gasteiger charge is -2.09. The number of rotatable bonds is 4. The summed E-state index contributed by atoms with van der Waals surface area (Å²) in [7, 11) is -1.13. The molecular formula is C16H18BrNOS. The third-order valence-electron chi connectivity index (χ3n) is 3.17. The van der Waals surface area contributed by atoms with Crippen molar-refractivity contribution in [3.8, 4) is 0 Å². The van der Waals surface area contributed by atoms with Crippen LogP contribution in [0.15, 0.2) is 51.8 Å². The fourth-order valence-corrected chi connectivity index (χ4v) is 3.69.